The summed E-state index contributed by atoms with van der Waals surface area (Å²) in [4.78, 5) is 29.3. The smallest absolute Gasteiger partial charge is 0.238 e. The summed E-state index contributed by atoms with van der Waals surface area (Å²) >= 11 is 6.75. The van der Waals surface area contributed by atoms with Crippen LogP contribution in [-0.4, -0.2) is 17.4 Å². The molecule has 108 valence electrons. The highest BCUT2D eigenvalue weighted by molar-refractivity contribution is 9.10. The second-order valence-corrected chi connectivity index (χ2v) is 6.97. The largest absolute Gasteiger partial charge is 0.325 e. The van der Waals surface area contributed by atoms with Gasteiger partial charge in [0.05, 0.1) is 5.69 Å². The number of benzene rings is 2. The fraction of sp³-hybridized carbons (Fsp3) is 0.0625. The van der Waals surface area contributed by atoms with Gasteiger partial charge in [0.25, 0.3) is 0 Å². The predicted molar refractivity (Wildman–Crippen MR) is 91.1 cm³/mol. The Balaban J connectivity index is 1.83. The van der Waals surface area contributed by atoms with Crippen molar-refractivity contribution in [1.82, 2.24) is 0 Å². The highest BCUT2D eigenvalue weighted by Gasteiger charge is 2.40. The molecule has 2 aliphatic rings. The van der Waals surface area contributed by atoms with Crippen LogP contribution in [0.5, 0.6) is 0 Å². The molecule has 0 aliphatic carbocycles. The first-order valence-corrected chi connectivity index (χ1v) is 8.16. The van der Waals surface area contributed by atoms with Gasteiger partial charge in [0, 0.05) is 20.2 Å². The van der Waals surface area contributed by atoms with E-state index in [9.17, 15) is 9.59 Å². The van der Waals surface area contributed by atoms with Crippen molar-refractivity contribution in [3.63, 3.8) is 0 Å². The Morgan fingerprint density at radius 2 is 1.73 bits per heavy atom. The maximum absolute atomic E-state index is 12.6. The van der Waals surface area contributed by atoms with Crippen LogP contribution >= 0.6 is 31.9 Å². The van der Waals surface area contributed by atoms with Gasteiger partial charge < -0.3 is 5.32 Å². The Hall–Kier alpha value is -1.79. The van der Waals surface area contributed by atoms with E-state index in [1.165, 1.54) is 0 Å². The molecule has 2 heterocycles. The van der Waals surface area contributed by atoms with Gasteiger partial charge >= 0.3 is 0 Å². The molecule has 0 radical (unpaired) electrons. The van der Waals surface area contributed by atoms with Crippen LogP contribution < -0.4 is 5.32 Å². The molecule has 0 spiro atoms. The Bertz CT molecular complexity index is 890. The zero-order valence-corrected chi connectivity index (χ0v) is 14.2. The van der Waals surface area contributed by atoms with Crippen molar-refractivity contribution < 1.29 is 9.59 Å². The number of rotatable bonds is 1. The fourth-order valence-corrected chi connectivity index (χ4v) is 3.52. The molecule has 2 aromatic rings. The van der Waals surface area contributed by atoms with Gasteiger partial charge in [-0.05, 0) is 35.9 Å². The molecule has 4 rings (SSSR count). The van der Waals surface area contributed by atoms with Crippen molar-refractivity contribution >= 4 is 60.6 Å². The zero-order chi connectivity index (χ0) is 15.4. The van der Waals surface area contributed by atoms with E-state index >= 15 is 0 Å². The number of amides is 1. The Morgan fingerprint density at radius 3 is 2.55 bits per heavy atom. The third-order valence-corrected chi connectivity index (χ3v) is 4.78. The normalized spacial score (nSPS) is 18.8. The fourth-order valence-electron chi connectivity index (χ4n) is 2.81. The van der Waals surface area contributed by atoms with E-state index in [-0.39, 0.29) is 17.4 Å². The lowest BCUT2D eigenvalue weighted by Gasteiger charge is -2.07. The molecule has 1 atom stereocenters. The average molecular weight is 420 g/mol. The molecule has 0 unspecified atom stereocenters. The van der Waals surface area contributed by atoms with Gasteiger partial charge in [0.2, 0.25) is 11.7 Å². The molecule has 0 saturated heterocycles. The van der Waals surface area contributed by atoms with Crippen LogP contribution in [0.3, 0.4) is 0 Å². The summed E-state index contributed by atoms with van der Waals surface area (Å²) in [5.41, 5.74) is 2.93. The second-order valence-electron chi connectivity index (χ2n) is 5.14. The van der Waals surface area contributed by atoms with Crippen molar-refractivity contribution in [2.24, 2.45) is 4.99 Å². The van der Waals surface area contributed by atoms with Crippen LogP contribution in [0, 0.1) is 0 Å². The van der Waals surface area contributed by atoms with Gasteiger partial charge in [0.1, 0.15) is 11.6 Å². The van der Waals surface area contributed by atoms with Gasteiger partial charge in [-0.2, -0.15) is 0 Å². The molecule has 0 saturated carbocycles. The van der Waals surface area contributed by atoms with Gasteiger partial charge in [-0.15, -0.1) is 0 Å². The number of carbonyl (C=O) groups is 2. The first-order chi connectivity index (χ1) is 10.5. The minimum absolute atomic E-state index is 0.182. The first kappa shape index (κ1) is 13.8. The monoisotopic (exact) mass is 418 g/mol. The molecule has 1 N–H and O–H groups in total. The molecular weight excluding hydrogens is 412 g/mol. The summed E-state index contributed by atoms with van der Waals surface area (Å²) in [6.07, 6.45) is 0. The minimum Gasteiger partial charge on any atom is -0.325 e. The summed E-state index contributed by atoms with van der Waals surface area (Å²) in [6, 6.07) is 10.8. The number of aliphatic imine (C=N–C) groups is 1. The molecule has 1 amide bonds. The lowest BCUT2D eigenvalue weighted by molar-refractivity contribution is -0.115. The maximum atomic E-state index is 12.6. The van der Waals surface area contributed by atoms with E-state index in [1.807, 2.05) is 18.2 Å². The molecule has 0 fully saturated rings. The quantitative estimate of drug-likeness (QED) is 0.752. The predicted octanol–water partition coefficient (Wildman–Crippen LogP) is 4.22. The molecule has 0 aromatic heterocycles. The van der Waals surface area contributed by atoms with Crippen molar-refractivity contribution in [2.75, 3.05) is 5.32 Å². The van der Waals surface area contributed by atoms with Crippen LogP contribution in [0.2, 0.25) is 0 Å². The lowest BCUT2D eigenvalue weighted by Crippen LogP contribution is -2.25. The standard InChI is InChI=1S/C16H8Br2N2O2/c17-7-1-3-9-11(5-7)20-16(22)13(9)14-15(21)10-4-2-8(18)6-12(10)19-14/h1-6,13H,(H,20,22)/t13-/m1/s1. The van der Waals surface area contributed by atoms with Crippen LogP contribution in [0.15, 0.2) is 50.3 Å². The second kappa shape index (κ2) is 4.86. The van der Waals surface area contributed by atoms with Crippen molar-refractivity contribution in [3.05, 3.63) is 56.5 Å². The Morgan fingerprint density at radius 1 is 1.00 bits per heavy atom. The average Bonchev–Trinajstić information content (AvgIpc) is 2.94. The highest BCUT2D eigenvalue weighted by Crippen LogP contribution is 2.40. The van der Waals surface area contributed by atoms with Gasteiger partial charge in [-0.3, -0.25) is 9.59 Å². The molecule has 6 heteroatoms. The summed E-state index contributed by atoms with van der Waals surface area (Å²) < 4.78 is 1.73. The lowest BCUT2D eigenvalue weighted by atomic mass is 9.92. The third kappa shape index (κ3) is 1.98. The van der Waals surface area contributed by atoms with E-state index < -0.39 is 5.92 Å². The summed E-state index contributed by atoms with van der Waals surface area (Å²) in [7, 11) is 0. The number of hydrogen-bond acceptors (Lipinski definition) is 3. The van der Waals surface area contributed by atoms with E-state index in [0.717, 1.165) is 20.2 Å². The summed E-state index contributed by atoms with van der Waals surface area (Å²) in [5, 5.41) is 2.81. The minimum atomic E-state index is -0.651. The molecule has 2 aromatic carbocycles. The van der Waals surface area contributed by atoms with E-state index in [4.69, 9.17) is 0 Å². The molecule has 4 nitrogen and oxygen atoms in total. The van der Waals surface area contributed by atoms with E-state index in [0.29, 0.717) is 11.3 Å². The van der Waals surface area contributed by atoms with E-state index in [1.54, 1.807) is 18.2 Å². The van der Waals surface area contributed by atoms with E-state index in [2.05, 4.69) is 42.2 Å². The van der Waals surface area contributed by atoms with Crippen molar-refractivity contribution in [2.45, 2.75) is 5.92 Å². The van der Waals surface area contributed by atoms with Gasteiger partial charge in [-0.1, -0.05) is 37.9 Å². The molecule has 2 aliphatic heterocycles. The number of nitrogens with zero attached hydrogens (tertiary/aromatic N) is 1. The SMILES string of the molecule is O=C1C([C@@H]2C(=O)Nc3cc(Br)ccc32)=Nc2cc(Br)ccc21. The highest BCUT2D eigenvalue weighted by atomic mass is 79.9. The first-order valence-electron chi connectivity index (χ1n) is 6.58. The maximum Gasteiger partial charge on any atom is 0.238 e. The van der Waals surface area contributed by atoms with Crippen LogP contribution in [0.25, 0.3) is 0 Å². The number of carbonyl (C=O) groups excluding carboxylic acids is 2. The summed E-state index contributed by atoms with van der Waals surface area (Å²) in [6.45, 7) is 0. The topological polar surface area (TPSA) is 58.5 Å². The number of fused-ring (bicyclic) bond motifs is 2. The number of anilines is 1. The number of Topliss-reactive ketones (excluding diaryl/α,β-unsaturated/α-hetero) is 1. The van der Waals surface area contributed by atoms with Crippen molar-refractivity contribution in [1.29, 1.82) is 0 Å². The third-order valence-electron chi connectivity index (χ3n) is 3.80. The van der Waals surface area contributed by atoms with Crippen LogP contribution in [-0.2, 0) is 4.79 Å². The molecule has 22 heavy (non-hydrogen) atoms. The number of hydrogen-bond donors (Lipinski definition) is 1. The van der Waals surface area contributed by atoms with Crippen LogP contribution in [0.1, 0.15) is 21.8 Å². The Kier molecular flexibility index (Phi) is 3.06. The molecular formula is C16H8Br2N2O2. The Labute approximate surface area is 142 Å². The molecule has 0 bridgehead atoms. The number of ketones is 1. The van der Waals surface area contributed by atoms with Crippen molar-refractivity contribution in [3.8, 4) is 0 Å². The van der Waals surface area contributed by atoms with Gasteiger partial charge in [-0.25, -0.2) is 4.99 Å². The summed E-state index contributed by atoms with van der Waals surface area (Å²) in [5.74, 6) is -1.05. The number of nitrogens with one attached hydrogen (secondary N) is 1. The number of halogens is 2. The zero-order valence-electron chi connectivity index (χ0n) is 11.1. The van der Waals surface area contributed by atoms with Gasteiger partial charge in [0.15, 0.2) is 0 Å². The van der Waals surface area contributed by atoms with Crippen LogP contribution in [0.4, 0.5) is 11.4 Å².